The lowest BCUT2D eigenvalue weighted by Crippen LogP contribution is -2.26. The second kappa shape index (κ2) is 7.23. The van der Waals surface area contributed by atoms with E-state index in [1.54, 1.807) is 0 Å². The van der Waals surface area contributed by atoms with Gasteiger partial charge in [0.2, 0.25) is 0 Å². The minimum absolute atomic E-state index is 0.0132. The van der Waals surface area contributed by atoms with E-state index >= 15 is 0 Å². The molecule has 22 heavy (non-hydrogen) atoms. The summed E-state index contributed by atoms with van der Waals surface area (Å²) in [5.74, 6) is 0.617. The zero-order valence-corrected chi connectivity index (χ0v) is 12.5. The number of carbonyl (C=O) groups is 1. The molecule has 0 N–H and O–H groups in total. The molecule has 2 aromatic carbocycles. The highest BCUT2D eigenvalue weighted by Crippen LogP contribution is 2.23. The van der Waals surface area contributed by atoms with Gasteiger partial charge in [0.1, 0.15) is 12.4 Å². The fraction of sp³-hybridized carbons (Fsp3) is 0.316. The molecule has 1 saturated heterocycles. The second-order valence-corrected chi connectivity index (χ2v) is 5.49. The average Bonchev–Trinajstić information content (AvgIpc) is 2.61. The fourth-order valence-electron chi connectivity index (χ4n) is 2.65. The van der Waals surface area contributed by atoms with Crippen molar-refractivity contribution in [1.29, 1.82) is 0 Å². The number of rotatable bonds is 5. The van der Waals surface area contributed by atoms with Gasteiger partial charge in [0.05, 0.1) is 11.7 Å². The average molecular weight is 296 g/mol. The molecule has 1 unspecified atom stereocenters. The Hall–Kier alpha value is -2.13. The van der Waals surface area contributed by atoms with E-state index < -0.39 is 0 Å². The highest BCUT2D eigenvalue weighted by atomic mass is 16.5. The molecule has 1 atom stereocenters. The lowest BCUT2D eigenvalue weighted by atomic mass is 10.0. The first kappa shape index (κ1) is 14.8. The number of carbonyl (C=O) groups excluding carboxylic acids is 1. The van der Waals surface area contributed by atoms with Crippen molar-refractivity contribution < 1.29 is 14.3 Å². The first-order valence-corrected chi connectivity index (χ1v) is 7.78. The number of benzene rings is 2. The van der Waals surface area contributed by atoms with E-state index in [1.165, 1.54) is 6.42 Å². The smallest absolute Gasteiger partial charge is 0.196 e. The molecule has 1 heterocycles. The maximum absolute atomic E-state index is 12.6. The van der Waals surface area contributed by atoms with Crippen LogP contribution in [0.15, 0.2) is 54.6 Å². The molecule has 0 amide bonds. The third-order valence-electron chi connectivity index (χ3n) is 3.87. The molecule has 114 valence electrons. The van der Waals surface area contributed by atoms with Crippen LogP contribution in [0.5, 0.6) is 5.75 Å². The Labute approximate surface area is 130 Å². The number of hydrogen-bond donors (Lipinski definition) is 0. The predicted octanol–water partition coefficient (Wildman–Crippen LogP) is 3.87. The fourth-order valence-corrected chi connectivity index (χ4v) is 2.65. The lowest BCUT2D eigenvalue weighted by molar-refractivity contribution is -0.0111. The Balaban J connectivity index is 1.73. The zero-order valence-electron chi connectivity index (χ0n) is 12.5. The molecule has 0 bridgehead atoms. The van der Waals surface area contributed by atoms with Gasteiger partial charge in [-0.2, -0.15) is 0 Å². The van der Waals surface area contributed by atoms with Crippen LogP contribution in [0.3, 0.4) is 0 Å². The van der Waals surface area contributed by atoms with Crippen LogP contribution in [0.2, 0.25) is 0 Å². The van der Waals surface area contributed by atoms with Crippen molar-refractivity contribution in [3.63, 3.8) is 0 Å². The summed E-state index contributed by atoms with van der Waals surface area (Å²) in [7, 11) is 0. The minimum Gasteiger partial charge on any atom is -0.490 e. The van der Waals surface area contributed by atoms with Crippen LogP contribution in [0.25, 0.3) is 0 Å². The van der Waals surface area contributed by atoms with E-state index in [2.05, 4.69) is 0 Å². The Morgan fingerprint density at radius 3 is 2.59 bits per heavy atom. The van der Waals surface area contributed by atoms with Crippen LogP contribution in [-0.2, 0) is 4.74 Å². The van der Waals surface area contributed by atoms with Gasteiger partial charge in [-0.3, -0.25) is 4.79 Å². The van der Waals surface area contributed by atoms with Crippen molar-refractivity contribution in [3.8, 4) is 5.75 Å². The lowest BCUT2D eigenvalue weighted by Gasteiger charge is -2.23. The number of para-hydroxylation sites is 1. The third kappa shape index (κ3) is 3.55. The van der Waals surface area contributed by atoms with Crippen molar-refractivity contribution >= 4 is 5.78 Å². The molecule has 2 aromatic rings. The second-order valence-electron chi connectivity index (χ2n) is 5.49. The summed E-state index contributed by atoms with van der Waals surface area (Å²) >= 11 is 0. The molecule has 0 saturated carbocycles. The Kier molecular flexibility index (Phi) is 4.86. The van der Waals surface area contributed by atoms with E-state index in [1.807, 2.05) is 54.6 Å². The van der Waals surface area contributed by atoms with Gasteiger partial charge in [0.25, 0.3) is 0 Å². The van der Waals surface area contributed by atoms with E-state index in [-0.39, 0.29) is 11.9 Å². The molecule has 3 nitrogen and oxygen atoms in total. The molecule has 1 aliphatic rings. The molecule has 0 radical (unpaired) electrons. The molecule has 1 aliphatic heterocycles. The molecule has 3 heteroatoms. The predicted molar refractivity (Wildman–Crippen MR) is 85.4 cm³/mol. The molecular weight excluding hydrogens is 276 g/mol. The van der Waals surface area contributed by atoms with Crippen molar-refractivity contribution in [1.82, 2.24) is 0 Å². The molecule has 0 spiro atoms. The van der Waals surface area contributed by atoms with E-state index in [4.69, 9.17) is 9.47 Å². The number of ether oxygens (including phenoxy) is 2. The Bertz CT molecular complexity index is 616. The third-order valence-corrected chi connectivity index (χ3v) is 3.87. The van der Waals surface area contributed by atoms with Gasteiger partial charge in [0.15, 0.2) is 5.78 Å². The highest BCUT2D eigenvalue weighted by Gasteiger charge is 2.17. The first-order valence-electron chi connectivity index (χ1n) is 7.78. The summed E-state index contributed by atoms with van der Waals surface area (Å²) in [6, 6.07) is 16.7. The largest absolute Gasteiger partial charge is 0.490 e. The van der Waals surface area contributed by atoms with E-state index in [0.717, 1.165) is 19.4 Å². The van der Waals surface area contributed by atoms with Gasteiger partial charge >= 0.3 is 0 Å². The normalized spacial score (nSPS) is 17.9. The van der Waals surface area contributed by atoms with Gasteiger partial charge in [-0.25, -0.2) is 0 Å². The number of hydrogen-bond acceptors (Lipinski definition) is 3. The monoisotopic (exact) mass is 296 g/mol. The van der Waals surface area contributed by atoms with Crippen molar-refractivity contribution in [2.24, 2.45) is 0 Å². The summed E-state index contributed by atoms with van der Waals surface area (Å²) in [5, 5.41) is 0. The van der Waals surface area contributed by atoms with Crippen molar-refractivity contribution in [3.05, 3.63) is 65.7 Å². The van der Waals surface area contributed by atoms with Gasteiger partial charge in [-0.1, -0.05) is 42.5 Å². The van der Waals surface area contributed by atoms with Gasteiger partial charge in [0, 0.05) is 12.2 Å². The van der Waals surface area contributed by atoms with Crippen LogP contribution in [0, 0.1) is 0 Å². The standard InChI is InChI=1S/C19H20O3/c20-19(15-8-2-1-3-9-15)17-11-4-5-12-18(17)22-14-16-10-6-7-13-21-16/h1-5,8-9,11-12,16H,6-7,10,13-14H2. The van der Waals surface area contributed by atoms with Crippen LogP contribution >= 0.6 is 0 Å². The summed E-state index contributed by atoms with van der Waals surface area (Å²) in [5.41, 5.74) is 1.27. The van der Waals surface area contributed by atoms with Gasteiger partial charge in [-0.05, 0) is 31.4 Å². The minimum atomic E-state index is -0.0132. The van der Waals surface area contributed by atoms with Crippen LogP contribution in [0.1, 0.15) is 35.2 Å². The summed E-state index contributed by atoms with van der Waals surface area (Å²) < 4.78 is 11.5. The Morgan fingerprint density at radius 1 is 1.05 bits per heavy atom. The molecular formula is C19H20O3. The van der Waals surface area contributed by atoms with E-state index in [0.29, 0.717) is 23.5 Å². The van der Waals surface area contributed by atoms with Crippen LogP contribution in [-0.4, -0.2) is 25.1 Å². The summed E-state index contributed by atoms with van der Waals surface area (Å²) in [4.78, 5) is 12.6. The molecule has 0 aromatic heterocycles. The Morgan fingerprint density at radius 2 is 1.82 bits per heavy atom. The molecule has 0 aliphatic carbocycles. The van der Waals surface area contributed by atoms with Gasteiger partial charge in [-0.15, -0.1) is 0 Å². The number of ketones is 1. The van der Waals surface area contributed by atoms with Crippen LogP contribution < -0.4 is 4.74 Å². The summed E-state index contributed by atoms with van der Waals surface area (Å²) in [6.45, 7) is 1.30. The molecule has 1 fully saturated rings. The summed E-state index contributed by atoms with van der Waals surface area (Å²) in [6.07, 6.45) is 3.46. The van der Waals surface area contributed by atoms with Crippen molar-refractivity contribution in [2.75, 3.05) is 13.2 Å². The van der Waals surface area contributed by atoms with Crippen LogP contribution in [0.4, 0.5) is 0 Å². The van der Waals surface area contributed by atoms with E-state index in [9.17, 15) is 4.79 Å². The van der Waals surface area contributed by atoms with Gasteiger partial charge < -0.3 is 9.47 Å². The SMILES string of the molecule is O=C(c1ccccc1)c1ccccc1OCC1CCCCO1. The van der Waals surface area contributed by atoms with Crippen molar-refractivity contribution in [2.45, 2.75) is 25.4 Å². The maximum Gasteiger partial charge on any atom is 0.196 e. The quantitative estimate of drug-likeness (QED) is 0.786. The first-order chi connectivity index (χ1) is 10.8. The highest BCUT2D eigenvalue weighted by molar-refractivity contribution is 6.10. The molecule has 3 rings (SSSR count). The topological polar surface area (TPSA) is 35.5 Å². The maximum atomic E-state index is 12.6. The zero-order chi connectivity index (χ0) is 15.2.